The van der Waals surface area contributed by atoms with Crippen LogP contribution in [0.25, 0.3) is 6.08 Å². The van der Waals surface area contributed by atoms with Gasteiger partial charge in [-0.15, -0.1) is 11.3 Å². The molecule has 0 unspecified atom stereocenters. The molecule has 2 aromatic rings. The maximum absolute atomic E-state index is 13.7. The Kier molecular flexibility index (Phi) is 4.72. The standard InChI is InChI=1S/C15H10FN3O3S2/c16-10-4-2-1-3-9(10)7-11-13(21)19(15(22)24-11)8-12(20)18-14-17-5-6-23-14/h1-7H,8H2,(H,17,18,20)/b11-7-. The van der Waals surface area contributed by atoms with Crippen LogP contribution in [0.4, 0.5) is 14.3 Å². The maximum atomic E-state index is 13.7. The molecule has 3 amide bonds. The van der Waals surface area contributed by atoms with Crippen LogP contribution in [0.1, 0.15) is 5.56 Å². The van der Waals surface area contributed by atoms with Crippen molar-refractivity contribution in [2.24, 2.45) is 0 Å². The van der Waals surface area contributed by atoms with Crippen LogP contribution in [-0.4, -0.2) is 33.5 Å². The van der Waals surface area contributed by atoms with Crippen LogP contribution in [0.3, 0.4) is 0 Å². The minimum absolute atomic E-state index is 0.0761. The lowest BCUT2D eigenvalue weighted by atomic mass is 10.2. The van der Waals surface area contributed by atoms with Crippen molar-refractivity contribution in [3.05, 3.63) is 52.1 Å². The summed E-state index contributed by atoms with van der Waals surface area (Å²) in [6.07, 6.45) is 2.83. The molecular weight excluding hydrogens is 353 g/mol. The molecule has 1 fully saturated rings. The number of hydrogen-bond donors (Lipinski definition) is 1. The SMILES string of the molecule is O=C(CN1C(=O)S/C(=C\c2ccccc2F)C1=O)Nc1nccs1. The van der Waals surface area contributed by atoms with E-state index in [0.717, 1.165) is 4.90 Å². The molecule has 0 spiro atoms. The molecule has 1 aliphatic heterocycles. The van der Waals surface area contributed by atoms with Gasteiger partial charge < -0.3 is 5.32 Å². The van der Waals surface area contributed by atoms with Crippen molar-refractivity contribution in [3.8, 4) is 0 Å². The lowest BCUT2D eigenvalue weighted by molar-refractivity contribution is -0.127. The number of anilines is 1. The van der Waals surface area contributed by atoms with E-state index in [4.69, 9.17) is 0 Å². The predicted octanol–water partition coefficient (Wildman–Crippen LogP) is 2.96. The Morgan fingerprint density at radius 2 is 2.12 bits per heavy atom. The van der Waals surface area contributed by atoms with E-state index in [2.05, 4.69) is 10.3 Å². The fraction of sp³-hybridized carbons (Fsp3) is 0.0667. The van der Waals surface area contributed by atoms with E-state index in [-0.39, 0.29) is 10.5 Å². The average molecular weight is 363 g/mol. The van der Waals surface area contributed by atoms with Gasteiger partial charge >= 0.3 is 0 Å². The van der Waals surface area contributed by atoms with E-state index < -0.39 is 29.4 Å². The molecule has 3 rings (SSSR count). The van der Waals surface area contributed by atoms with Crippen molar-refractivity contribution in [1.82, 2.24) is 9.88 Å². The molecule has 24 heavy (non-hydrogen) atoms. The van der Waals surface area contributed by atoms with Crippen LogP contribution in [0, 0.1) is 5.82 Å². The predicted molar refractivity (Wildman–Crippen MR) is 89.8 cm³/mol. The number of imide groups is 1. The second-order valence-electron chi connectivity index (χ2n) is 4.67. The van der Waals surface area contributed by atoms with Gasteiger partial charge in [-0.25, -0.2) is 9.37 Å². The topological polar surface area (TPSA) is 79.4 Å². The normalized spacial score (nSPS) is 16.0. The first-order valence-corrected chi connectivity index (χ1v) is 8.43. The highest BCUT2D eigenvalue weighted by Gasteiger charge is 2.36. The van der Waals surface area contributed by atoms with E-state index in [9.17, 15) is 18.8 Å². The zero-order valence-corrected chi connectivity index (χ0v) is 13.7. The average Bonchev–Trinajstić information content (AvgIpc) is 3.14. The largest absolute Gasteiger partial charge is 0.300 e. The number of carbonyl (C=O) groups excluding carboxylic acids is 3. The van der Waals surface area contributed by atoms with Gasteiger partial charge in [-0.3, -0.25) is 19.3 Å². The number of hydrogen-bond acceptors (Lipinski definition) is 6. The van der Waals surface area contributed by atoms with Gasteiger partial charge in [-0.2, -0.15) is 0 Å². The highest BCUT2D eigenvalue weighted by Crippen LogP contribution is 2.32. The Morgan fingerprint density at radius 1 is 1.33 bits per heavy atom. The number of halogens is 1. The Bertz CT molecular complexity index is 836. The van der Waals surface area contributed by atoms with Crippen LogP contribution >= 0.6 is 23.1 Å². The highest BCUT2D eigenvalue weighted by molar-refractivity contribution is 8.18. The molecule has 1 aromatic carbocycles. The number of nitrogens with zero attached hydrogens (tertiary/aromatic N) is 2. The maximum Gasteiger partial charge on any atom is 0.294 e. The van der Waals surface area contributed by atoms with Gasteiger partial charge in [0, 0.05) is 17.1 Å². The highest BCUT2D eigenvalue weighted by atomic mass is 32.2. The third kappa shape index (κ3) is 3.52. The van der Waals surface area contributed by atoms with Crippen LogP contribution in [-0.2, 0) is 9.59 Å². The molecule has 0 aliphatic carbocycles. The summed E-state index contributed by atoms with van der Waals surface area (Å²) in [4.78, 5) is 40.9. The summed E-state index contributed by atoms with van der Waals surface area (Å²) < 4.78 is 13.7. The van der Waals surface area contributed by atoms with Crippen LogP contribution in [0.15, 0.2) is 40.7 Å². The van der Waals surface area contributed by atoms with Gasteiger partial charge in [0.15, 0.2) is 5.13 Å². The molecule has 122 valence electrons. The molecule has 1 N–H and O–H groups in total. The number of thiazole rings is 1. The summed E-state index contributed by atoms with van der Waals surface area (Å²) in [5, 5.41) is 4.00. The quantitative estimate of drug-likeness (QED) is 0.845. The molecule has 0 saturated carbocycles. The Hall–Kier alpha value is -2.52. The van der Waals surface area contributed by atoms with Crippen molar-refractivity contribution in [3.63, 3.8) is 0 Å². The van der Waals surface area contributed by atoms with Crippen molar-refractivity contribution in [2.75, 3.05) is 11.9 Å². The minimum atomic E-state index is -0.623. The fourth-order valence-corrected chi connectivity index (χ4v) is 3.33. The van der Waals surface area contributed by atoms with Crippen molar-refractivity contribution in [1.29, 1.82) is 0 Å². The first kappa shape index (κ1) is 16.3. The molecule has 1 aliphatic rings. The molecule has 6 nitrogen and oxygen atoms in total. The van der Waals surface area contributed by atoms with E-state index >= 15 is 0 Å². The van der Waals surface area contributed by atoms with E-state index in [1.807, 2.05) is 0 Å². The summed E-state index contributed by atoms with van der Waals surface area (Å²) in [7, 11) is 0. The number of carbonyl (C=O) groups is 3. The second kappa shape index (κ2) is 6.93. The monoisotopic (exact) mass is 363 g/mol. The van der Waals surface area contributed by atoms with Crippen molar-refractivity contribution in [2.45, 2.75) is 0 Å². The number of aromatic nitrogens is 1. The lowest BCUT2D eigenvalue weighted by Gasteiger charge is -2.11. The zero-order valence-electron chi connectivity index (χ0n) is 12.1. The number of benzene rings is 1. The van der Waals surface area contributed by atoms with Gasteiger partial charge in [-0.05, 0) is 23.9 Å². The molecular formula is C15H10FN3O3S2. The summed E-state index contributed by atoms with van der Waals surface area (Å²) in [6, 6.07) is 5.91. The summed E-state index contributed by atoms with van der Waals surface area (Å²) in [5.74, 6) is -1.65. The minimum Gasteiger partial charge on any atom is -0.300 e. The molecule has 0 radical (unpaired) electrons. The van der Waals surface area contributed by atoms with Gasteiger partial charge in [0.05, 0.1) is 4.91 Å². The summed E-state index contributed by atoms with van der Waals surface area (Å²) in [6.45, 7) is -0.418. The number of amides is 3. The molecule has 0 atom stereocenters. The first-order valence-electron chi connectivity index (χ1n) is 6.74. The van der Waals surface area contributed by atoms with Crippen molar-refractivity contribution < 1.29 is 18.8 Å². The van der Waals surface area contributed by atoms with Crippen LogP contribution in [0.5, 0.6) is 0 Å². The number of thioether (sulfide) groups is 1. The summed E-state index contributed by atoms with van der Waals surface area (Å²) in [5.41, 5.74) is 0.204. The molecule has 0 bridgehead atoms. The lowest BCUT2D eigenvalue weighted by Crippen LogP contribution is -2.36. The van der Waals surface area contributed by atoms with E-state index in [0.29, 0.717) is 16.9 Å². The van der Waals surface area contributed by atoms with Crippen LogP contribution < -0.4 is 5.32 Å². The smallest absolute Gasteiger partial charge is 0.294 e. The van der Waals surface area contributed by atoms with Crippen LogP contribution in [0.2, 0.25) is 0 Å². The molecule has 1 aromatic heterocycles. The Morgan fingerprint density at radius 3 is 2.83 bits per heavy atom. The second-order valence-corrected chi connectivity index (χ2v) is 6.56. The van der Waals surface area contributed by atoms with Crippen molar-refractivity contribution >= 4 is 51.4 Å². The van der Waals surface area contributed by atoms with Gasteiger partial charge in [-0.1, -0.05) is 18.2 Å². The van der Waals surface area contributed by atoms with Gasteiger partial charge in [0.25, 0.3) is 11.1 Å². The fourth-order valence-electron chi connectivity index (χ4n) is 1.96. The first-order chi connectivity index (χ1) is 11.5. The number of nitrogens with one attached hydrogen (secondary N) is 1. The third-order valence-electron chi connectivity index (χ3n) is 3.05. The van der Waals surface area contributed by atoms with E-state index in [1.165, 1.54) is 41.8 Å². The van der Waals surface area contributed by atoms with E-state index in [1.54, 1.807) is 11.4 Å². The summed E-state index contributed by atoms with van der Waals surface area (Å²) >= 11 is 1.90. The third-order valence-corrected chi connectivity index (χ3v) is 4.64. The molecule has 1 saturated heterocycles. The molecule has 2 heterocycles. The molecule has 9 heteroatoms. The zero-order chi connectivity index (χ0) is 17.1. The Balaban J connectivity index is 1.72. The van der Waals surface area contributed by atoms with Gasteiger partial charge in [0.2, 0.25) is 5.91 Å². The van der Waals surface area contributed by atoms with Gasteiger partial charge in [0.1, 0.15) is 12.4 Å². The number of rotatable bonds is 4. The Labute approximate surface area is 144 Å².